The molecule has 0 heterocycles. The van der Waals surface area contributed by atoms with Crippen molar-refractivity contribution in [2.24, 2.45) is 0 Å². The molecule has 9 heavy (non-hydrogen) atoms. The Kier molecular flexibility index (Phi) is 0.992. The van der Waals surface area contributed by atoms with E-state index in [1.54, 1.807) is 0 Å². The summed E-state index contributed by atoms with van der Waals surface area (Å²) in [4.78, 5) is 11.0. The molecule has 0 amide bonds. The van der Waals surface area contributed by atoms with Crippen LogP contribution >= 0.6 is 11.6 Å². The van der Waals surface area contributed by atoms with Gasteiger partial charge in [-0.15, -0.1) is 0 Å². The van der Waals surface area contributed by atoms with Gasteiger partial charge in [-0.05, 0) is 12.1 Å². The van der Waals surface area contributed by atoms with E-state index in [1.165, 1.54) is 0 Å². The molecule has 0 saturated heterocycles. The maximum Gasteiger partial charge on any atom is 0.197 e. The molecule has 0 bridgehead atoms. The Morgan fingerprint density at radius 2 is 2.11 bits per heavy atom. The summed E-state index contributed by atoms with van der Waals surface area (Å²) in [7, 11) is 0. The molecule has 0 aromatic heterocycles. The zero-order chi connectivity index (χ0) is 9.30. The van der Waals surface area contributed by atoms with Crippen LogP contribution in [0.5, 0.6) is 0 Å². The van der Waals surface area contributed by atoms with Gasteiger partial charge in [0, 0.05) is 0 Å². The van der Waals surface area contributed by atoms with Crippen molar-refractivity contribution in [3.05, 3.63) is 45.5 Å². The van der Waals surface area contributed by atoms with E-state index >= 15 is 0 Å². The van der Waals surface area contributed by atoms with Crippen LogP contribution in [-0.2, 0) is 0 Å². The van der Waals surface area contributed by atoms with Crippen molar-refractivity contribution in [2.45, 2.75) is 0 Å². The van der Waals surface area contributed by atoms with Gasteiger partial charge in [-0.1, -0.05) is 29.8 Å². The summed E-state index contributed by atoms with van der Waals surface area (Å²) in [5, 5.41) is -0.307. The zero-order valence-electron chi connectivity index (χ0n) is 7.44. The van der Waals surface area contributed by atoms with Gasteiger partial charge in [0.1, 0.15) is 0 Å². The van der Waals surface area contributed by atoms with E-state index in [2.05, 4.69) is 0 Å². The Labute approximate surface area is 62.1 Å². The predicted molar refractivity (Wildman–Crippen MR) is 37.7 cm³/mol. The lowest BCUT2D eigenvalue weighted by Crippen LogP contribution is -1.92. The lowest BCUT2D eigenvalue weighted by atomic mass is 10.5. The van der Waals surface area contributed by atoms with Crippen LogP contribution in [0.15, 0.2) is 35.1 Å². The standard InChI is InChI=1S/C7H5ClO/c8-6-4-2-1-3-5-7(6)9/h1-5H/i1D,4D,5D. The highest BCUT2D eigenvalue weighted by Crippen LogP contribution is 1.95. The van der Waals surface area contributed by atoms with Crippen molar-refractivity contribution in [1.82, 2.24) is 0 Å². The Balaban J connectivity index is 3.69. The topological polar surface area (TPSA) is 17.1 Å². The summed E-state index contributed by atoms with van der Waals surface area (Å²) in [5.41, 5.74) is -0.708. The minimum atomic E-state index is -0.708. The van der Waals surface area contributed by atoms with Gasteiger partial charge >= 0.3 is 0 Å². The van der Waals surface area contributed by atoms with Crippen molar-refractivity contribution >= 4 is 11.6 Å². The van der Waals surface area contributed by atoms with Crippen molar-refractivity contribution in [2.75, 3.05) is 0 Å². The van der Waals surface area contributed by atoms with Gasteiger partial charge in [0.05, 0.1) is 9.13 Å². The highest BCUT2D eigenvalue weighted by Gasteiger charge is 1.85. The lowest BCUT2D eigenvalue weighted by molar-refractivity contribution is 1.67. The number of hydrogen-bond donors (Lipinski definition) is 0. The van der Waals surface area contributed by atoms with Gasteiger partial charge in [-0.25, -0.2) is 0 Å². The van der Waals surface area contributed by atoms with Gasteiger partial charge in [0.25, 0.3) is 0 Å². The fourth-order valence-electron chi connectivity index (χ4n) is 0.383. The second-order valence-electron chi connectivity index (χ2n) is 1.39. The molecule has 46 valence electrons. The first kappa shape index (κ1) is 3.37. The number of rotatable bonds is 0. The van der Waals surface area contributed by atoms with Gasteiger partial charge in [-0.2, -0.15) is 0 Å². The van der Waals surface area contributed by atoms with Crippen LogP contribution in [0.4, 0.5) is 0 Å². The fourth-order valence-corrected chi connectivity index (χ4v) is 0.492. The highest BCUT2D eigenvalue weighted by molar-refractivity contribution is 6.30. The Bertz CT molecular complexity index is 378. The molecule has 0 aliphatic heterocycles. The molecular formula is C7H5ClO. The summed E-state index contributed by atoms with van der Waals surface area (Å²) in [6.07, 6.45) is 0. The van der Waals surface area contributed by atoms with E-state index in [9.17, 15) is 4.79 Å². The largest absolute Gasteiger partial charge is 0.288 e. The second kappa shape index (κ2) is 2.65. The number of hydrogen-bond acceptors (Lipinski definition) is 1. The molecule has 1 aromatic carbocycles. The van der Waals surface area contributed by atoms with Crippen LogP contribution in [0.1, 0.15) is 4.11 Å². The molecule has 0 saturated carbocycles. The maximum absolute atomic E-state index is 11.0. The SMILES string of the molecule is [2H]c1cc([2H])c(Cl)c(=O)c([2H])c1. The zero-order valence-corrected chi connectivity index (χ0v) is 5.20. The normalized spacial score (nSPS) is 13.7. The lowest BCUT2D eigenvalue weighted by Gasteiger charge is -1.71. The van der Waals surface area contributed by atoms with Crippen LogP contribution in [-0.4, -0.2) is 0 Å². The quantitative estimate of drug-likeness (QED) is 0.540. The predicted octanol–water partition coefficient (Wildman–Crippen LogP) is 1.70. The van der Waals surface area contributed by atoms with E-state index in [0.717, 1.165) is 12.1 Å². The summed E-state index contributed by atoms with van der Waals surface area (Å²) in [5.74, 6) is 0. The Morgan fingerprint density at radius 1 is 1.44 bits per heavy atom. The van der Waals surface area contributed by atoms with Crippen LogP contribution in [0.25, 0.3) is 0 Å². The first-order valence-electron chi connectivity index (χ1n) is 3.80. The Morgan fingerprint density at radius 3 is 2.89 bits per heavy atom. The molecular weight excluding hydrogens is 136 g/mol. The minimum absolute atomic E-state index is 0.0611. The van der Waals surface area contributed by atoms with E-state index < -0.39 is 5.43 Å². The summed E-state index contributed by atoms with van der Waals surface area (Å²) in [6, 6.07) is 1.55. The highest BCUT2D eigenvalue weighted by atomic mass is 35.5. The van der Waals surface area contributed by atoms with Crippen LogP contribution in [0.2, 0.25) is 5.02 Å². The third kappa shape index (κ3) is 1.54. The first-order chi connectivity index (χ1) is 5.52. The average molecular weight is 144 g/mol. The molecule has 0 aliphatic rings. The molecule has 1 rings (SSSR count). The minimum Gasteiger partial charge on any atom is -0.288 e. The summed E-state index contributed by atoms with van der Waals surface area (Å²) < 4.78 is 21.5. The van der Waals surface area contributed by atoms with Gasteiger partial charge < -0.3 is 0 Å². The Hall–Kier alpha value is -0.820. The van der Waals surface area contributed by atoms with Crippen molar-refractivity contribution in [1.29, 1.82) is 0 Å². The van der Waals surface area contributed by atoms with E-state index in [1.807, 2.05) is 0 Å². The second-order valence-corrected chi connectivity index (χ2v) is 1.77. The summed E-state index contributed by atoms with van der Waals surface area (Å²) in [6.45, 7) is 0. The molecule has 0 N–H and O–H groups in total. The smallest absolute Gasteiger partial charge is 0.197 e. The van der Waals surface area contributed by atoms with Crippen LogP contribution in [0, 0.1) is 0 Å². The molecule has 2 heteroatoms. The molecule has 1 nitrogen and oxygen atoms in total. The third-order valence-electron chi connectivity index (χ3n) is 0.768. The maximum atomic E-state index is 11.0. The monoisotopic (exact) mass is 143 g/mol. The molecule has 0 fully saturated rings. The van der Waals surface area contributed by atoms with Gasteiger partial charge in [-0.3, -0.25) is 4.79 Å². The van der Waals surface area contributed by atoms with E-state index in [0.29, 0.717) is 0 Å². The molecule has 0 radical (unpaired) electrons. The van der Waals surface area contributed by atoms with Crippen LogP contribution in [0.3, 0.4) is 0 Å². The third-order valence-corrected chi connectivity index (χ3v) is 1.05. The molecule has 0 unspecified atom stereocenters. The average Bonchev–Trinajstić information content (AvgIpc) is 2.05. The van der Waals surface area contributed by atoms with Crippen LogP contribution < -0.4 is 5.43 Å². The van der Waals surface area contributed by atoms with E-state index in [-0.39, 0.29) is 23.1 Å². The summed E-state index contributed by atoms with van der Waals surface area (Å²) >= 11 is 5.44. The van der Waals surface area contributed by atoms with Gasteiger partial charge in [0.15, 0.2) is 5.43 Å². The molecule has 0 aliphatic carbocycles. The van der Waals surface area contributed by atoms with Crippen molar-refractivity contribution < 1.29 is 4.11 Å². The molecule has 0 spiro atoms. The van der Waals surface area contributed by atoms with E-state index in [4.69, 9.17) is 15.7 Å². The van der Waals surface area contributed by atoms with Crippen molar-refractivity contribution in [3.63, 3.8) is 0 Å². The van der Waals surface area contributed by atoms with Crippen molar-refractivity contribution in [3.8, 4) is 0 Å². The first-order valence-corrected chi connectivity index (χ1v) is 2.68. The molecule has 0 atom stereocenters. The number of halogens is 1. The van der Waals surface area contributed by atoms with Gasteiger partial charge in [0.2, 0.25) is 0 Å². The molecule has 1 aromatic rings. The fraction of sp³-hybridized carbons (Fsp3) is 0.